The highest BCUT2D eigenvalue weighted by Gasteiger charge is 2.12. The summed E-state index contributed by atoms with van der Waals surface area (Å²) in [6.07, 6.45) is 0.863. The van der Waals surface area contributed by atoms with E-state index in [1.807, 2.05) is 30.3 Å². The van der Waals surface area contributed by atoms with Gasteiger partial charge in [0, 0.05) is 35.8 Å². The first kappa shape index (κ1) is 19.1. The zero-order chi connectivity index (χ0) is 20.1. The highest BCUT2D eigenvalue weighted by molar-refractivity contribution is 6.30. The van der Waals surface area contributed by atoms with E-state index in [1.54, 1.807) is 19.2 Å². The van der Waals surface area contributed by atoms with E-state index in [0.717, 1.165) is 23.4 Å². The van der Waals surface area contributed by atoms with Crippen molar-refractivity contribution in [2.75, 3.05) is 25.6 Å². The minimum atomic E-state index is 0.317. The number of halogens is 1. The van der Waals surface area contributed by atoms with E-state index in [2.05, 4.69) is 25.8 Å². The Balaban J connectivity index is 1.38. The van der Waals surface area contributed by atoms with Crippen molar-refractivity contribution in [1.29, 1.82) is 0 Å². The number of ether oxygens (including phenoxy) is 2. The number of anilines is 1. The molecule has 0 saturated heterocycles. The van der Waals surface area contributed by atoms with Crippen molar-refractivity contribution in [3.05, 3.63) is 53.4 Å². The molecule has 0 aliphatic carbocycles. The van der Waals surface area contributed by atoms with Gasteiger partial charge in [-0.1, -0.05) is 28.9 Å². The van der Waals surface area contributed by atoms with Crippen LogP contribution in [0.5, 0.6) is 11.5 Å². The molecule has 1 aromatic heterocycles. The van der Waals surface area contributed by atoms with E-state index >= 15 is 0 Å². The molecule has 8 nitrogen and oxygen atoms in total. The lowest BCUT2D eigenvalue weighted by atomic mass is 10.2. The third-order valence-corrected chi connectivity index (χ3v) is 4.43. The molecule has 0 atom stereocenters. The van der Waals surface area contributed by atoms with Crippen LogP contribution in [0.3, 0.4) is 0 Å². The van der Waals surface area contributed by atoms with Crippen LogP contribution in [0.2, 0.25) is 5.02 Å². The maximum Gasteiger partial charge on any atom is 0.246 e. The molecular weight excluding hydrogens is 394 g/mol. The Morgan fingerprint density at radius 1 is 1.14 bits per heavy atom. The molecule has 29 heavy (non-hydrogen) atoms. The van der Waals surface area contributed by atoms with Gasteiger partial charge in [-0.2, -0.15) is 4.98 Å². The normalized spacial score (nSPS) is 13.7. The van der Waals surface area contributed by atoms with Gasteiger partial charge in [0.25, 0.3) is 0 Å². The molecule has 0 amide bonds. The molecule has 0 saturated carbocycles. The molecular formula is C20H20ClN5O3. The molecule has 2 N–H and O–H groups in total. The smallest absolute Gasteiger partial charge is 0.246 e. The third kappa shape index (κ3) is 4.78. The summed E-state index contributed by atoms with van der Waals surface area (Å²) < 4.78 is 16.7. The minimum absolute atomic E-state index is 0.317. The number of fused-ring (bicyclic) bond motifs is 1. The Kier molecular flexibility index (Phi) is 5.81. The zero-order valence-electron chi connectivity index (χ0n) is 15.8. The van der Waals surface area contributed by atoms with Gasteiger partial charge in [-0.3, -0.25) is 4.99 Å². The number of hydrogen-bond acceptors (Lipinski definition) is 6. The molecule has 0 radical (unpaired) electrons. The van der Waals surface area contributed by atoms with Crippen molar-refractivity contribution in [3.8, 4) is 22.9 Å². The highest BCUT2D eigenvalue weighted by Crippen LogP contribution is 2.32. The predicted molar refractivity (Wildman–Crippen MR) is 111 cm³/mol. The molecule has 150 valence electrons. The van der Waals surface area contributed by atoms with Crippen LogP contribution in [0.15, 0.2) is 52.0 Å². The van der Waals surface area contributed by atoms with Crippen LogP contribution in [-0.2, 0) is 6.54 Å². The second kappa shape index (κ2) is 8.83. The van der Waals surface area contributed by atoms with E-state index < -0.39 is 0 Å². The Morgan fingerprint density at radius 2 is 2.00 bits per heavy atom. The second-order valence-electron chi connectivity index (χ2n) is 6.28. The maximum atomic E-state index is 6.01. The molecule has 1 aliphatic rings. The molecule has 4 rings (SSSR count). The van der Waals surface area contributed by atoms with Gasteiger partial charge in [0.2, 0.25) is 11.7 Å². The van der Waals surface area contributed by atoms with Gasteiger partial charge in [0.05, 0.1) is 19.8 Å². The summed E-state index contributed by atoms with van der Waals surface area (Å²) in [7, 11) is 1.68. The summed E-state index contributed by atoms with van der Waals surface area (Å²) in [5.41, 5.74) is 1.62. The fourth-order valence-electron chi connectivity index (χ4n) is 2.79. The van der Waals surface area contributed by atoms with Crippen molar-refractivity contribution in [1.82, 2.24) is 15.5 Å². The van der Waals surface area contributed by atoms with Crippen molar-refractivity contribution in [3.63, 3.8) is 0 Å². The lowest BCUT2D eigenvalue weighted by Crippen LogP contribution is -2.30. The number of hydrogen-bond donors (Lipinski definition) is 2. The Hall–Kier alpha value is -3.26. The number of guanidine groups is 1. The molecule has 1 aliphatic heterocycles. The first-order valence-electron chi connectivity index (χ1n) is 9.17. The van der Waals surface area contributed by atoms with Crippen LogP contribution in [-0.4, -0.2) is 36.4 Å². The van der Waals surface area contributed by atoms with E-state index in [4.69, 9.17) is 25.6 Å². The summed E-state index contributed by atoms with van der Waals surface area (Å²) in [5.74, 6) is 2.93. The van der Waals surface area contributed by atoms with E-state index in [1.165, 1.54) is 0 Å². The Bertz CT molecular complexity index is 1020. The average Bonchev–Trinajstić information content (AvgIpc) is 3.09. The summed E-state index contributed by atoms with van der Waals surface area (Å²) in [5, 5.41) is 11.0. The fourth-order valence-corrected chi connectivity index (χ4v) is 2.98. The van der Waals surface area contributed by atoms with Crippen LogP contribution in [0, 0.1) is 0 Å². The van der Waals surface area contributed by atoms with Gasteiger partial charge in [0.15, 0.2) is 17.5 Å². The second-order valence-corrected chi connectivity index (χ2v) is 6.72. The number of nitrogens with zero attached hydrogens (tertiary/aromatic N) is 3. The van der Waals surface area contributed by atoms with Crippen LogP contribution >= 0.6 is 11.6 Å². The molecule has 0 unspecified atom stereocenters. The molecule has 9 heteroatoms. The highest BCUT2D eigenvalue weighted by atomic mass is 35.5. The fraction of sp³-hybridized carbons (Fsp3) is 0.250. The molecule has 0 bridgehead atoms. The van der Waals surface area contributed by atoms with Gasteiger partial charge in [0.1, 0.15) is 0 Å². The van der Waals surface area contributed by atoms with Gasteiger partial charge >= 0.3 is 0 Å². The molecule has 2 heterocycles. The number of aliphatic imine (C=N–C) groups is 1. The Labute approximate surface area is 172 Å². The van der Waals surface area contributed by atoms with E-state index in [9.17, 15) is 0 Å². The van der Waals surface area contributed by atoms with Gasteiger partial charge in [-0.15, -0.1) is 0 Å². The summed E-state index contributed by atoms with van der Waals surface area (Å²) in [6.45, 7) is 1.61. The molecule has 3 aromatic rings. The topological polar surface area (TPSA) is 93.8 Å². The van der Waals surface area contributed by atoms with Gasteiger partial charge in [-0.25, -0.2) is 0 Å². The number of aromatic nitrogens is 2. The lowest BCUT2D eigenvalue weighted by molar-refractivity contribution is 0.297. The lowest BCUT2D eigenvalue weighted by Gasteiger charge is -2.13. The average molecular weight is 414 g/mol. The van der Waals surface area contributed by atoms with E-state index in [-0.39, 0.29) is 0 Å². The SMILES string of the molecule is CN=C(NCc1nc(-c2cccc(Cl)c2)no1)Nc1ccc2c(c1)OCCCO2. The first-order valence-corrected chi connectivity index (χ1v) is 9.55. The Morgan fingerprint density at radius 3 is 2.83 bits per heavy atom. The summed E-state index contributed by atoms with van der Waals surface area (Å²) >= 11 is 6.01. The molecule has 0 fully saturated rings. The van der Waals surface area contributed by atoms with Crippen molar-refractivity contribution >= 4 is 23.2 Å². The number of nitrogens with one attached hydrogen (secondary N) is 2. The maximum absolute atomic E-state index is 6.01. The predicted octanol–water partition coefficient (Wildman–Crippen LogP) is 3.74. The number of benzene rings is 2. The van der Waals surface area contributed by atoms with Gasteiger partial charge < -0.3 is 24.6 Å². The van der Waals surface area contributed by atoms with E-state index in [0.29, 0.717) is 48.2 Å². The van der Waals surface area contributed by atoms with Crippen molar-refractivity contribution < 1.29 is 14.0 Å². The molecule has 2 aromatic carbocycles. The van der Waals surface area contributed by atoms with Crippen molar-refractivity contribution in [2.45, 2.75) is 13.0 Å². The third-order valence-electron chi connectivity index (χ3n) is 4.19. The monoisotopic (exact) mass is 413 g/mol. The largest absolute Gasteiger partial charge is 0.490 e. The van der Waals surface area contributed by atoms with Crippen LogP contribution in [0.25, 0.3) is 11.4 Å². The quantitative estimate of drug-likeness (QED) is 0.497. The first-order chi connectivity index (χ1) is 14.2. The minimum Gasteiger partial charge on any atom is -0.490 e. The van der Waals surface area contributed by atoms with Crippen LogP contribution in [0.1, 0.15) is 12.3 Å². The van der Waals surface area contributed by atoms with Crippen molar-refractivity contribution in [2.24, 2.45) is 4.99 Å². The zero-order valence-corrected chi connectivity index (χ0v) is 16.6. The summed E-state index contributed by atoms with van der Waals surface area (Å²) in [6, 6.07) is 13.0. The van der Waals surface area contributed by atoms with Crippen LogP contribution < -0.4 is 20.1 Å². The molecule has 0 spiro atoms. The standard InChI is InChI=1S/C20H20ClN5O3/c1-22-20(24-15-6-7-16-17(11-15)28-9-3-8-27-16)23-12-18-25-19(26-29-18)13-4-2-5-14(21)10-13/h2,4-7,10-11H,3,8-9,12H2,1H3,(H2,22,23,24). The van der Waals surface area contributed by atoms with Gasteiger partial charge in [-0.05, 0) is 24.3 Å². The van der Waals surface area contributed by atoms with Crippen LogP contribution in [0.4, 0.5) is 5.69 Å². The number of rotatable bonds is 4. The summed E-state index contributed by atoms with van der Waals surface area (Å²) in [4.78, 5) is 8.61.